The molecule has 0 radical (unpaired) electrons. The van der Waals surface area contributed by atoms with Crippen LogP contribution in [0.2, 0.25) is 5.02 Å². The Kier molecular flexibility index (Phi) is 11.1. The number of guanidine groups is 1. The van der Waals surface area contributed by atoms with Crippen LogP contribution in [0.1, 0.15) is 37.3 Å². The van der Waals surface area contributed by atoms with Gasteiger partial charge in [0.15, 0.2) is 11.8 Å². The maximum Gasteiger partial charge on any atom is 0.354 e. The number of hydrogen-bond acceptors (Lipinski definition) is 7. The number of fused-ring (bicyclic) bond motifs is 1. The number of aromatic nitrogens is 5. The molecule has 0 spiro atoms. The third-order valence-electron chi connectivity index (χ3n) is 7.70. The molecule has 0 bridgehead atoms. The lowest BCUT2D eigenvalue weighted by Gasteiger charge is -2.19. The van der Waals surface area contributed by atoms with E-state index in [1.165, 1.54) is 4.57 Å². The van der Waals surface area contributed by atoms with Crippen LogP contribution in [0.5, 0.6) is 0 Å². The summed E-state index contributed by atoms with van der Waals surface area (Å²) in [6.45, 7) is 3.68. The summed E-state index contributed by atoms with van der Waals surface area (Å²) in [4.78, 5) is 32.9. The first-order valence-corrected chi connectivity index (χ1v) is 15.9. The third kappa shape index (κ3) is 9.12. The van der Waals surface area contributed by atoms with Crippen molar-refractivity contribution >= 4 is 34.5 Å². The highest BCUT2D eigenvalue weighted by molar-refractivity contribution is 6.31. The largest absolute Gasteiger partial charge is 0.370 e. The topological polar surface area (TPSA) is 193 Å². The van der Waals surface area contributed by atoms with E-state index in [1.54, 1.807) is 42.9 Å². The second-order valence-electron chi connectivity index (χ2n) is 11.6. The number of hydrogen-bond donors (Lipinski definition) is 6. The highest BCUT2D eigenvalue weighted by Crippen LogP contribution is 2.31. The Morgan fingerprint density at radius 2 is 1.89 bits per heavy atom. The van der Waals surface area contributed by atoms with Gasteiger partial charge in [0.05, 0.1) is 22.4 Å². The summed E-state index contributed by atoms with van der Waals surface area (Å²) >= 11 is 6.27. The Morgan fingerprint density at radius 1 is 1.13 bits per heavy atom. The number of rotatable bonds is 15. The average molecular weight is 661 g/mol. The summed E-state index contributed by atoms with van der Waals surface area (Å²) in [5.74, 6) is 0.0667. The number of aromatic amines is 1. The quantitative estimate of drug-likeness (QED) is 0.0728. The van der Waals surface area contributed by atoms with Crippen molar-refractivity contribution in [2.24, 2.45) is 16.5 Å². The van der Waals surface area contributed by atoms with Crippen molar-refractivity contribution in [1.82, 2.24) is 29.8 Å². The van der Waals surface area contributed by atoms with E-state index < -0.39 is 11.5 Å². The van der Waals surface area contributed by atoms with E-state index in [4.69, 9.17) is 23.1 Å². The van der Waals surface area contributed by atoms with E-state index in [-0.39, 0.29) is 17.0 Å². The molecule has 12 nitrogen and oxygen atoms in total. The van der Waals surface area contributed by atoms with Crippen molar-refractivity contribution in [3.05, 3.63) is 99.6 Å². The number of quaternary nitrogens is 1. The first-order chi connectivity index (χ1) is 22.7. The average Bonchev–Trinajstić information content (AvgIpc) is 3.46. The summed E-state index contributed by atoms with van der Waals surface area (Å²) in [6.07, 6.45) is 8.40. The second-order valence-corrected chi connectivity index (χ2v) is 12.0. The molecule has 0 aliphatic carbocycles. The van der Waals surface area contributed by atoms with Crippen LogP contribution in [-0.4, -0.2) is 55.6 Å². The minimum Gasteiger partial charge on any atom is -0.370 e. The zero-order valence-corrected chi connectivity index (χ0v) is 27.0. The zero-order chi connectivity index (χ0) is 33.3. The summed E-state index contributed by atoms with van der Waals surface area (Å²) < 4.78 is 16.6. The molecule has 2 aromatic carbocycles. The van der Waals surface area contributed by atoms with Crippen molar-refractivity contribution in [3.8, 4) is 16.9 Å². The monoisotopic (exact) mass is 660 g/mol. The van der Waals surface area contributed by atoms with Gasteiger partial charge in [-0.05, 0) is 80.1 Å². The lowest BCUT2D eigenvalue weighted by molar-refractivity contribution is -0.415. The molecule has 0 amide bonds. The summed E-state index contributed by atoms with van der Waals surface area (Å²) in [5, 5.41) is 7.48. The van der Waals surface area contributed by atoms with Gasteiger partial charge < -0.3 is 32.8 Å². The van der Waals surface area contributed by atoms with E-state index >= 15 is 4.39 Å². The minimum atomic E-state index is -0.519. The Balaban J connectivity index is 1.29. The molecule has 5 aromatic rings. The zero-order valence-electron chi connectivity index (χ0n) is 26.2. The molecular formula is C33H40ClFN11O+. The molecule has 10 N–H and O–H groups in total. The molecule has 0 saturated heterocycles. The summed E-state index contributed by atoms with van der Waals surface area (Å²) in [6, 6.07) is 15.0. The predicted molar refractivity (Wildman–Crippen MR) is 184 cm³/mol. The maximum atomic E-state index is 15.2. The number of aliphatic imine (C=N–C) groups is 1. The van der Waals surface area contributed by atoms with E-state index in [9.17, 15) is 4.79 Å². The molecule has 2 unspecified atom stereocenters. The van der Waals surface area contributed by atoms with Crippen LogP contribution in [0.25, 0.3) is 28.0 Å². The minimum absolute atomic E-state index is 0.0244. The van der Waals surface area contributed by atoms with Gasteiger partial charge in [0.2, 0.25) is 5.95 Å². The fourth-order valence-corrected chi connectivity index (χ4v) is 5.47. The highest BCUT2D eigenvalue weighted by Gasteiger charge is 2.16. The number of nitrogens with zero attached hydrogens (tertiary/aromatic N) is 5. The summed E-state index contributed by atoms with van der Waals surface area (Å²) in [7, 11) is 0. The van der Waals surface area contributed by atoms with E-state index in [1.807, 2.05) is 24.3 Å². The van der Waals surface area contributed by atoms with Crippen LogP contribution >= 0.6 is 11.6 Å². The van der Waals surface area contributed by atoms with Crippen LogP contribution in [0.15, 0.2) is 76.9 Å². The third-order valence-corrected chi connectivity index (χ3v) is 7.98. The molecule has 2 atom stereocenters. The van der Waals surface area contributed by atoms with Crippen molar-refractivity contribution in [1.29, 1.82) is 0 Å². The van der Waals surface area contributed by atoms with Crippen molar-refractivity contribution in [2.45, 2.75) is 51.2 Å². The Labute approximate surface area is 276 Å². The van der Waals surface area contributed by atoms with Crippen molar-refractivity contribution < 1.29 is 10.1 Å². The molecule has 0 aliphatic heterocycles. The number of benzene rings is 2. The van der Waals surface area contributed by atoms with Gasteiger partial charge >= 0.3 is 5.69 Å². The standard InChI is InChI=1S/C33H39ClFN11O/c1-20(36)4-2-5-22-14-26(29(35)27(34)15-22)28-16-23-19-46(33(47)45-30(23)44-28)25-8-6-21(7-9-25)17-42-24(10-13-39-31(37)38)18-43-32-40-11-3-12-41-32/h3,6-9,11-12,14-16,19-20,24,42H,2,4-5,10,13,17-18,36H2,1H3,(H4,37,38,39)(H,40,41,43)(H,44,45,47)/p+1. The van der Waals surface area contributed by atoms with Crippen LogP contribution < -0.4 is 33.5 Å². The van der Waals surface area contributed by atoms with Crippen LogP contribution in [0.4, 0.5) is 10.3 Å². The van der Waals surface area contributed by atoms with Gasteiger partial charge in [0, 0.05) is 55.2 Å². The van der Waals surface area contributed by atoms with Crippen LogP contribution in [0, 0.1) is 5.82 Å². The molecule has 14 heteroatoms. The van der Waals surface area contributed by atoms with Gasteiger partial charge in [-0.3, -0.25) is 9.56 Å². The SMILES string of the molecule is CC([NH3+])CCCc1cc(Cl)c(F)c(-c2cc3cn(-c4ccc(CNC(CCN=C(N)N)CNc5ncccn5)cc4)c(=O)nc3[nH]2)c1. The second kappa shape index (κ2) is 15.6. The first kappa shape index (κ1) is 33.5. The predicted octanol–water partition coefficient (Wildman–Crippen LogP) is 3.15. The molecule has 3 aromatic heterocycles. The van der Waals surface area contributed by atoms with E-state index in [0.717, 1.165) is 30.4 Å². The number of nitrogens with one attached hydrogen (secondary N) is 3. The van der Waals surface area contributed by atoms with Gasteiger partial charge in [0.25, 0.3) is 0 Å². The number of halogens is 2. The molecule has 0 fully saturated rings. The number of H-pyrrole nitrogens is 1. The molecule has 47 heavy (non-hydrogen) atoms. The maximum absolute atomic E-state index is 15.2. The van der Waals surface area contributed by atoms with Crippen molar-refractivity contribution in [3.63, 3.8) is 0 Å². The van der Waals surface area contributed by atoms with E-state index in [2.05, 4.69) is 48.2 Å². The van der Waals surface area contributed by atoms with Gasteiger partial charge in [-0.1, -0.05) is 23.7 Å². The van der Waals surface area contributed by atoms with Gasteiger partial charge in [-0.25, -0.2) is 19.2 Å². The fraction of sp³-hybridized carbons (Fsp3) is 0.303. The van der Waals surface area contributed by atoms with Gasteiger partial charge in [-0.15, -0.1) is 0 Å². The molecule has 246 valence electrons. The smallest absolute Gasteiger partial charge is 0.354 e. The van der Waals surface area contributed by atoms with Crippen LogP contribution in [-0.2, 0) is 13.0 Å². The van der Waals surface area contributed by atoms with E-state index in [0.29, 0.717) is 66.0 Å². The molecule has 0 saturated carbocycles. The first-order valence-electron chi connectivity index (χ1n) is 15.5. The lowest BCUT2D eigenvalue weighted by atomic mass is 10.0. The fourth-order valence-electron chi connectivity index (χ4n) is 5.23. The molecule has 5 rings (SSSR count). The Hall–Kier alpha value is -4.85. The molecule has 0 aliphatic rings. The van der Waals surface area contributed by atoms with Crippen LogP contribution in [0.3, 0.4) is 0 Å². The lowest BCUT2D eigenvalue weighted by Crippen LogP contribution is -2.58. The highest BCUT2D eigenvalue weighted by atomic mass is 35.5. The molecular weight excluding hydrogens is 621 g/mol. The number of nitrogens with two attached hydrogens (primary N) is 2. The Morgan fingerprint density at radius 3 is 2.62 bits per heavy atom. The van der Waals surface area contributed by atoms with Crippen molar-refractivity contribution in [2.75, 3.05) is 18.4 Å². The Bertz CT molecular complexity index is 1870. The summed E-state index contributed by atoms with van der Waals surface area (Å²) in [5.41, 5.74) is 18.4. The van der Waals surface area contributed by atoms with Gasteiger partial charge in [0.1, 0.15) is 5.65 Å². The number of anilines is 1. The van der Waals surface area contributed by atoms with Gasteiger partial charge in [-0.2, -0.15) is 4.98 Å². The normalized spacial score (nSPS) is 12.6. The molecule has 3 heterocycles. The number of aryl methyl sites for hydroxylation is 1.